The van der Waals surface area contributed by atoms with E-state index in [1.807, 2.05) is 20.8 Å². The lowest BCUT2D eigenvalue weighted by Gasteiger charge is -2.18. The smallest absolute Gasteiger partial charge is 0.435 e. The molecule has 0 unspecified atom stereocenters. The van der Waals surface area contributed by atoms with Crippen molar-refractivity contribution in [2.24, 2.45) is 16.7 Å². The Morgan fingerprint density at radius 3 is 2.50 bits per heavy atom. The Labute approximate surface area is 131 Å². The standard InChI is InChI=1S/C17H24N2O3/c1-15(2,3)22-14(20)19-10-4-13(18-19)21-11-5-12-16(6-7-16)17(12)8-9-17/h4,10,12H,5-9,11H2,1-3H3. The summed E-state index contributed by atoms with van der Waals surface area (Å²) in [5.41, 5.74) is 0.936. The molecule has 5 nitrogen and oxygen atoms in total. The molecule has 4 rings (SSSR count). The third kappa shape index (κ3) is 2.13. The molecule has 0 bridgehead atoms. The second-order valence-electron chi connectivity index (χ2n) is 8.08. The Morgan fingerprint density at radius 2 is 1.95 bits per heavy atom. The van der Waals surface area contributed by atoms with Gasteiger partial charge in [-0.05, 0) is 69.6 Å². The van der Waals surface area contributed by atoms with Gasteiger partial charge in [-0.2, -0.15) is 4.68 Å². The summed E-state index contributed by atoms with van der Waals surface area (Å²) >= 11 is 0. The molecular formula is C17H24N2O3. The third-order valence-corrected chi connectivity index (χ3v) is 5.62. The van der Waals surface area contributed by atoms with E-state index in [0.717, 1.165) is 23.2 Å². The van der Waals surface area contributed by atoms with E-state index in [9.17, 15) is 4.79 Å². The Hall–Kier alpha value is -1.52. The molecule has 0 amide bonds. The van der Waals surface area contributed by atoms with Crippen molar-refractivity contribution in [1.29, 1.82) is 0 Å². The lowest BCUT2D eigenvalue weighted by molar-refractivity contribution is 0.0511. The molecule has 1 aromatic heterocycles. The lowest BCUT2D eigenvalue weighted by atomic mass is 10.2. The fourth-order valence-electron chi connectivity index (χ4n) is 4.43. The Morgan fingerprint density at radius 1 is 1.32 bits per heavy atom. The van der Waals surface area contributed by atoms with Crippen LogP contribution in [0.4, 0.5) is 4.79 Å². The molecule has 5 heteroatoms. The first-order valence-corrected chi connectivity index (χ1v) is 8.28. The van der Waals surface area contributed by atoms with Crippen molar-refractivity contribution < 1.29 is 14.3 Å². The summed E-state index contributed by atoms with van der Waals surface area (Å²) in [6, 6.07) is 1.72. The number of aromatic nitrogens is 2. The van der Waals surface area contributed by atoms with Crippen molar-refractivity contribution in [3.05, 3.63) is 12.3 Å². The molecule has 3 fully saturated rings. The number of carbonyl (C=O) groups is 1. The van der Waals surface area contributed by atoms with Crippen molar-refractivity contribution in [1.82, 2.24) is 9.78 Å². The highest BCUT2D eigenvalue weighted by Gasteiger charge is 2.85. The molecule has 0 aromatic carbocycles. The summed E-state index contributed by atoms with van der Waals surface area (Å²) in [4.78, 5) is 11.9. The van der Waals surface area contributed by atoms with Crippen LogP contribution in [0.2, 0.25) is 0 Å². The zero-order chi connectivity index (χ0) is 15.6. The summed E-state index contributed by atoms with van der Waals surface area (Å²) in [6.07, 6.45) is 7.98. The number of hydrogen-bond donors (Lipinski definition) is 0. The molecule has 0 atom stereocenters. The molecule has 22 heavy (non-hydrogen) atoms. The van der Waals surface area contributed by atoms with Crippen molar-refractivity contribution in [3.8, 4) is 5.88 Å². The summed E-state index contributed by atoms with van der Waals surface area (Å²) < 4.78 is 12.2. The lowest BCUT2D eigenvalue weighted by Crippen LogP contribution is -2.27. The second kappa shape index (κ2) is 4.27. The van der Waals surface area contributed by atoms with E-state index in [2.05, 4.69) is 5.10 Å². The molecule has 0 saturated heterocycles. The number of nitrogens with zero attached hydrogens (tertiary/aromatic N) is 2. The van der Waals surface area contributed by atoms with Gasteiger partial charge in [0.05, 0.1) is 6.61 Å². The van der Waals surface area contributed by atoms with E-state index in [1.54, 1.807) is 12.3 Å². The normalized spacial score (nSPS) is 23.6. The van der Waals surface area contributed by atoms with Gasteiger partial charge in [0.25, 0.3) is 0 Å². The summed E-state index contributed by atoms with van der Waals surface area (Å²) in [6.45, 7) is 6.20. The highest BCUT2D eigenvalue weighted by atomic mass is 16.6. The van der Waals surface area contributed by atoms with Crippen molar-refractivity contribution in [3.63, 3.8) is 0 Å². The first-order valence-electron chi connectivity index (χ1n) is 8.28. The zero-order valence-corrected chi connectivity index (χ0v) is 13.6. The Balaban J connectivity index is 1.27. The molecule has 0 N–H and O–H groups in total. The number of carbonyl (C=O) groups excluding carboxylic acids is 1. The fraction of sp³-hybridized carbons (Fsp3) is 0.765. The van der Waals surface area contributed by atoms with Gasteiger partial charge in [0, 0.05) is 12.3 Å². The number of hydrogen-bond acceptors (Lipinski definition) is 4. The van der Waals surface area contributed by atoms with Gasteiger partial charge in [0.2, 0.25) is 5.88 Å². The summed E-state index contributed by atoms with van der Waals surface area (Å²) in [5, 5.41) is 4.14. The minimum absolute atomic E-state index is 0.474. The SMILES string of the molecule is CC(C)(C)OC(=O)n1ccc(OCCC2C3(CC3)C23CC3)n1. The number of rotatable bonds is 4. The molecule has 3 saturated carbocycles. The van der Waals surface area contributed by atoms with E-state index in [1.165, 1.54) is 30.4 Å². The van der Waals surface area contributed by atoms with Gasteiger partial charge in [0.15, 0.2) is 0 Å². The predicted octanol–water partition coefficient (Wildman–Crippen LogP) is 3.63. The molecule has 0 radical (unpaired) electrons. The maximum absolute atomic E-state index is 11.9. The molecule has 1 heterocycles. The fourth-order valence-corrected chi connectivity index (χ4v) is 4.43. The van der Waals surface area contributed by atoms with Crippen molar-refractivity contribution in [2.75, 3.05) is 6.61 Å². The largest absolute Gasteiger partial charge is 0.477 e. The van der Waals surface area contributed by atoms with E-state index in [-0.39, 0.29) is 0 Å². The molecule has 120 valence electrons. The average molecular weight is 304 g/mol. The van der Waals surface area contributed by atoms with Crippen LogP contribution in [0.5, 0.6) is 5.88 Å². The topological polar surface area (TPSA) is 53.4 Å². The molecule has 3 aliphatic carbocycles. The van der Waals surface area contributed by atoms with E-state index in [0.29, 0.717) is 12.5 Å². The molecule has 0 aliphatic heterocycles. The third-order valence-electron chi connectivity index (χ3n) is 5.62. The van der Waals surface area contributed by atoms with Crippen LogP contribution in [0.25, 0.3) is 0 Å². The molecule has 3 aliphatic rings. The first kappa shape index (κ1) is 14.1. The summed E-state index contributed by atoms with van der Waals surface area (Å²) in [5.74, 6) is 1.38. The van der Waals surface area contributed by atoms with Gasteiger partial charge >= 0.3 is 6.09 Å². The highest BCUT2D eigenvalue weighted by Crippen LogP contribution is 2.93. The maximum atomic E-state index is 11.9. The van der Waals surface area contributed by atoms with Crippen LogP contribution in [0, 0.1) is 16.7 Å². The van der Waals surface area contributed by atoms with E-state index in [4.69, 9.17) is 9.47 Å². The Kier molecular flexibility index (Phi) is 2.73. The molecule has 1 aromatic rings. The Bertz CT molecular complexity index is 588. The van der Waals surface area contributed by atoms with Crippen LogP contribution in [0.3, 0.4) is 0 Å². The van der Waals surface area contributed by atoms with E-state index < -0.39 is 11.7 Å². The van der Waals surface area contributed by atoms with Gasteiger partial charge in [-0.3, -0.25) is 0 Å². The van der Waals surface area contributed by atoms with Gasteiger partial charge in [-0.25, -0.2) is 4.79 Å². The van der Waals surface area contributed by atoms with E-state index >= 15 is 0 Å². The minimum Gasteiger partial charge on any atom is -0.477 e. The van der Waals surface area contributed by atoms with Crippen LogP contribution in [-0.2, 0) is 4.74 Å². The number of ether oxygens (including phenoxy) is 2. The number of fused-ring (bicyclic) bond motifs is 1. The van der Waals surface area contributed by atoms with Gasteiger partial charge < -0.3 is 9.47 Å². The quantitative estimate of drug-likeness (QED) is 0.852. The van der Waals surface area contributed by atoms with Gasteiger partial charge in [-0.15, -0.1) is 5.10 Å². The highest BCUT2D eigenvalue weighted by molar-refractivity contribution is 5.69. The summed E-state index contributed by atoms with van der Waals surface area (Å²) in [7, 11) is 0. The van der Waals surface area contributed by atoms with Crippen LogP contribution in [0.1, 0.15) is 52.9 Å². The minimum atomic E-state index is -0.521. The van der Waals surface area contributed by atoms with Crippen LogP contribution in [-0.4, -0.2) is 28.1 Å². The predicted molar refractivity (Wildman–Crippen MR) is 80.8 cm³/mol. The van der Waals surface area contributed by atoms with Crippen molar-refractivity contribution in [2.45, 2.75) is 58.5 Å². The van der Waals surface area contributed by atoms with Gasteiger partial charge in [-0.1, -0.05) is 0 Å². The monoisotopic (exact) mass is 304 g/mol. The first-order chi connectivity index (χ1) is 10.4. The van der Waals surface area contributed by atoms with Crippen LogP contribution >= 0.6 is 0 Å². The van der Waals surface area contributed by atoms with Crippen molar-refractivity contribution >= 4 is 6.09 Å². The van der Waals surface area contributed by atoms with Crippen LogP contribution < -0.4 is 4.74 Å². The van der Waals surface area contributed by atoms with Crippen LogP contribution in [0.15, 0.2) is 12.3 Å². The maximum Gasteiger partial charge on any atom is 0.435 e. The average Bonchev–Trinajstić information content (AvgIpc) is 3.35. The zero-order valence-electron chi connectivity index (χ0n) is 13.6. The molecular weight excluding hydrogens is 280 g/mol. The van der Waals surface area contributed by atoms with Gasteiger partial charge in [0.1, 0.15) is 5.60 Å². The second-order valence-corrected chi connectivity index (χ2v) is 8.08. The molecule has 2 spiro atoms.